The van der Waals surface area contributed by atoms with Gasteiger partial charge in [-0.05, 0) is 12.1 Å². The monoisotopic (exact) mass is 500 g/mol. The number of rotatable bonds is 4. The summed E-state index contributed by atoms with van der Waals surface area (Å²) in [7, 11) is -3.00. The molecular formula is C18H18N6NaO8P. The van der Waals surface area contributed by atoms with Crippen molar-refractivity contribution in [3.05, 3.63) is 46.5 Å². The molecule has 4 heterocycles. The predicted molar refractivity (Wildman–Crippen MR) is 110 cm³/mol. The number of ether oxygens (including phenoxy) is 2. The van der Waals surface area contributed by atoms with E-state index in [0.29, 0.717) is 5.69 Å². The molecule has 34 heavy (non-hydrogen) atoms. The van der Waals surface area contributed by atoms with Crippen LogP contribution in [0.4, 0.5) is 11.6 Å². The molecular weight excluding hydrogens is 482 g/mol. The molecule has 0 radical (unpaired) electrons. The molecule has 5 atom stereocenters. The first-order valence-corrected chi connectivity index (χ1v) is 11.2. The number of nitrogens with two attached hydrogens (primary N) is 1. The molecule has 14 nitrogen and oxygen atoms in total. The molecule has 3 aromatic rings. The zero-order chi connectivity index (χ0) is 23.3. The second-order valence-electron chi connectivity index (χ2n) is 7.32. The SMILES string of the molecule is CNc1ccccc1C(=O)O[C@@H]1C(n2cnc3c(=O)[nH]c(N)nc32)O[C@@H]2COP(=O)([O-])O[C@H]12.[Na+]. The molecule has 4 N–H and O–H groups in total. The Labute approximate surface area is 213 Å². The van der Waals surface area contributed by atoms with Crippen molar-refractivity contribution in [3.8, 4) is 0 Å². The molecule has 1 aromatic carbocycles. The number of aromatic nitrogens is 4. The van der Waals surface area contributed by atoms with Gasteiger partial charge in [0.05, 0.1) is 18.5 Å². The molecule has 5 rings (SSSR count). The van der Waals surface area contributed by atoms with Crippen LogP contribution in [0.5, 0.6) is 0 Å². The summed E-state index contributed by atoms with van der Waals surface area (Å²) in [4.78, 5) is 47.6. The number of esters is 1. The van der Waals surface area contributed by atoms with Crippen molar-refractivity contribution in [2.45, 2.75) is 24.5 Å². The molecule has 2 saturated heterocycles. The number of carbonyl (C=O) groups is 1. The maximum atomic E-state index is 13.0. The number of benzene rings is 1. The number of nitrogen functional groups attached to an aromatic ring is 1. The summed E-state index contributed by atoms with van der Waals surface area (Å²) >= 11 is 0. The average Bonchev–Trinajstić information content (AvgIpc) is 3.34. The van der Waals surface area contributed by atoms with Crippen LogP contribution in [-0.2, 0) is 23.1 Å². The van der Waals surface area contributed by atoms with E-state index in [2.05, 4.69) is 20.3 Å². The minimum atomic E-state index is -4.64. The molecule has 2 unspecified atom stereocenters. The van der Waals surface area contributed by atoms with Crippen LogP contribution in [0.3, 0.4) is 0 Å². The summed E-state index contributed by atoms with van der Waals surface area (Å²) in [6.07, 6.45) is -3.21. The number of nitrogens with zero attached hydrogens (tertiary/aromatic N) is 3. The van der Waals surface area contributed by atoms with Crippen LogP contribution in [0.15, 0.2) is 35.4 Å². The maximum Gasteiger partial charge on any atom is 1.00 e. The van der Waals surface area contributed by atoms with E-state index in [9.17, 15) is 19.0 Å². The van der Waals surface area contributed by atoms with Crippen LogP contribution in [-0.4, -0.2) is 57.5 Å². The van der Waals surface area contributed by atoms with Crippen LogP contribution in [0.2, 0.25) is 0 Å². The van der Waals surface area contributed by atoms with Crippen molar-refractivity contribution < 1.29 is 62.3 Å². The normalized spacial score (nSPS) is 28.2. The summed E-state index contributed by atoms with van der Waals surface area (Å²) in [5.74, 6) is -0.908. The molecule has 0 spiro atoms. The van der Waals surface area contributed by atoms with Crippen LogP contribution < -0.4 is 51.1 Å². The van der Waals surface area contributed by atoms with Crippen molar-refractivity contribution in [2.75, 3.05) is 24.7 Å². The number of para-hydroxylation sites is 1. The smallest absolute Gasteiger partial charge is 0.756 e. The van der Waals surface area contributed by atoms with E-state index in [1.807, 2.05) is 0 Å². The molecule has 0 aliphatic carbocycles. The van der Waals surface area contributed by atoms with Gasteiger partial charge >= 0.3 is 35.5 Å². The Balaban J connectivity index is 0.00000274. The Morgan fingerprint density at radius 3 is 2.94 bits per heavy atom. The second-order valence-corrected chi connectivity index (χ2v) is 8.68. The minimum absolute atomic E-state index is 0. The fourth-order valence-electron chi connectivity index (χ4n) is 3.86. The van der Waals surface area contributed by atoms with Crippen molar-refractivity contribution in [3.63, 3.8) is 0 Å². The van der Waals surface area contributed by atoms with Gasteiger partial charge in [-0.3, -0.25) is 18.9 Å². The minimum Gasteiger partial charge on any atom is -0.756 e. The Morgan fingerprint density at radius 2 is 2.18 bits per heavy atom. The van der Waals surface area contributed by atoms with Crippen LogP contribution in [0.25, 0.3) is 11.2 Å². The molecule has 2 aliphatic rings. The second kappa shape index (κ2) is 9.40. The summed E-state index contributed by atoms with van der Waals surface area (Å²) < 4.78 is 34.8. The third kappa shape index (κ3) is 4.39. The molecule has 0 amide bonds. The number of imidazole rings is 1. The quantitative estimate of drug-likeness (QED) is 0.184. The Hall–Kier alpha value is -2.29. The van der Waals surface area contributed by atoms with E-state index >= 15 is 0 Å². The zero-order valence-electron chi connectivity index (χ0n) is 18.0. The van der Waals surface area contributed by atoms with Gasteiger partial charge in [0, 0.05) is 12.7 Å². The fourth-order valence-corrected chi connectivity index (χ4v) is 4.80. The molecule has 0 bridgehead atoms. The van der Waals surface area contributed by atoms with Gasteiger partial charge in [0.15, 0.2) is 23.5 Å². The average molecular weight is 500 g/mol. The molecule has 16 heteroatoms. The Kier molecular flexibility index (Phi) is 6.86. The van der Waals surface area contributed by atoms with E-state index < -0.39 is 43.9 Å². The fraction of sp³-hybridized carbons (Fsp3) is 0.333. The van der Waals surface area contributed by atoms with Crippen molar-refractivity contribution in [2.24, 2.45) is 0 Å². The van der Waals surface area contributed by atoms with Gasteiger partial charge in [0.25, 0.3) is 13.4 Å². The molecule has 174 valence electrons. The number of anilines is 2. The van der Waals surface area contributed by atoms with Crippen LogP contribution in [0, 0.1) is 0 Å². The van der Waals surface area contributed by atoms with Crippen molar-refractivity contribution in [1.82, 2.24) is 19.5 Å². The summed E-state index contributed by atoms with van der Waals surface area (Å²) in [6.45, 7) is -0.341. The van der Waals surface area contributed by atoms with Gasteiger partial charge in [0.2, 0.25) is 5.95 Å². The van der Waals surface area contributed by atoms with Crippen molar-refractivity contribution in [1.29, 1.82) is 0 Å². The van der Waals surface area contributed by atoms with Crippen LogP contribution >= 0.6 is 7.82 Å². The number of phosphoric ester groups is 1. The maximum absolute atomic E-state index is 13.0. The van der Waals surface area contributed by atoms with Crippen molar-refractivity contribution >= 4 is 36.6 Å². The standard InChI is InChI=1S/C18H19N6O8P.Na/c1-20-9-5-3-2-4-8(9)17(26)31-13-12-10(6-29-33(27,28)32-12)30-16(13)24-7-21-11-14(24)22-18(19)23-15(11)25;/h2-5,7,10,12-13,16,20H,6H2,1H3,(H,27,28)(H3,19,22,23,25);/q;+1/p-1/t10-,12+,13+,16?;/m1./s1. The number of H-pyrrole nitrogens is 1. The largest absolute Gasteiger partial charge is 1.00 e. The number of nitrogens with one attached hydrogen (secondary N) is 2. The number of hydrogen-bond acceptors (Lipinski definition) is 12. The van der Waals surface area contributed by atoms with Gasteiger partial charge in [-0.25, -0.2) is 9.78 Å². The first kappa shape index (κ1) is 24.8. The molecule has 0 saturated carbocycles. The van der Waals surface area contributed by atoms with Gasteiger partial charge in [-0.2, -0.15) is 4.98 Å². The predicted octanol–water partition coefficient (Wildman–Crippen LogP) is -3.25. The van der Waals surface area contributed by atoms with E-state index in [4.69, 9.17) is 24.3 Å². The topological polar surface area (TPSA) is 196 Å². The Morgan fingerprint density at radius 1 is 1.41 bits per heavy atom. The number of aromatic amines is 1. The third-order valence-corrected chi connectivity index (χ3v) is 6.28. The van der Waals surface area contributed by atoms with Gasteiger partial charge in [0.1, 0.15) is 12.2 Å². The van der Waals surface area contributed by atoms with E-state index in [-0.39, 0.29) is 58.8 Å². The number of fused-ring (bicyclic) bond motifs is 2. The van der Waals surface area contributed by atoms with Gasteiger partial charge in [-0.15, -0.1) is 0 Å². The zero-order valence-corrected chi connectivity index (χ0v) is 20.9. The first-order chi connectivity index (χ1) is 15.8. The van der Waals surface area contributed by atoms with Gasteiger partial charge in [-0.1, -0.05) is 12.1 Å². The van der Waals surface area contributed by atoms with E-state index in [1.54, 1.807) is 31.3 Å². The molecule has 2 aliphatic heterocycles. The van der Waals surface area contributed by atoms with E-state index in [1.165, 1.54) is 10.9 Å². The molecule has 2 aromatic heterocycles. The number of hydrogen-bond donors (Lipinski definition) is 3. The van der Waals surface area contributed by atoms with E-state index in [0.717, 1.165) is 0 Å². The Bertz CT molecular complexity index is 1350. The summed E-state index contributed by atoms with van der Waals surface area (Å²) in [5, 5.41) is 2.89. The third-order valence-electron chi connectivity index (χ3n) is 5.32. The number of carbonyl (C=O) groups excluding carboxylic acids is 1. The number of phosphoric acid groups is 1. The summed E-state index contributed by atoms with van der Waals surface area (Å²) in [5.41, 5.74) is 5.84. The first-order valence-electron chi connectivity index (χ1n) is 9.77. The van der Waals surface area contributed by atoms with Crippen LogP contribution in [0.1, 0.15) is 16.6 Å². The molecule has 2 fully saturated rings. The summed E-state index contributed by atoms with van der Waals surface area (Å²) in [6, 6.07) is 6.62. The van der Waals surface area contributed by atoms with Gasteiger partial charge < -0.3 is 34.5 Å².